The monoisotopic (exact) mass is 557 g/mol. The van der Waals surface area contributed by atoms with Gasteiger partial charge in [0.1, 0.15) is 11.5 Å². The largest absolute Gasteiger partial charge is 0.497 e. The number of hydroxylamine groups is 1. The third-order valence-corrected chi connectivity index (χ3v) is 8.98. The Balaban J connectivity index is 1.30. The number of fused-ring (bicyclic) bond motifs is 1. The first-order valence-corrected chi connectivity index (χ1v) is 14.4. The van der Waals surface area contributed by atoms with Gasteiger partial charge in [-0.15, -0.1) is 11.8 Å². The Kier molecular flexibility index (Phi) is 10.1. The van der Waals surface area contributed by atoms with Crippen molar-refractivity contribution in [2.75, 3.05) is 39.6 Å². The molecule has 1 saturated heterocycles. The van der Waals surface area contributed by atoms with Crippen LogP contribution in [-0.4, -0.2) is 60.6 Å². The molecule has 0 spiro atoms. The van der Waals surface area contributed by atoms with Crippen molar-refractivity contribution in [2.24, 2.45) is 5.41 Å². The van der Waals surface area contributed by atoms with Crippen LogP contribution >= 0.6 is 23.4 Å². The molecule has 1 amide bonds. The molecule has 4 rings (SSSR count). The van der Waals surface area contributed by atoms with Gasteiger partial charge in [0.15, 0.2) is 0 Å². The van der Waals surface area contributed by atoms with E-state index in [1.807, 2.05) is 47.6 Å². The number of pyridine rings is 1. The maximum atomic E-state index is 12.8. The van der Waals surface area contributed by atoms with E-state index in [9.17, 15) is 10.0 Å². The Morgan fingerprint density at radius 3 is 2.50 bits per heavy atom. The zero-order chi connectivity index (χ0) is 27.0. The Bertz CT molecular complexity index is 1220. The fourth-order valence-electron chi connectivity index (χ4n) is 5.25. The van der Waals surface area contributed by atoms with Crippen molar-refractivity contribution in [3.05, 3.63) is 59.2 Å². The number of benzene rings is 2. The molecule has 0 bridgehead atoms. The van der Waals surface area contributed by atoms with E-state index in [1.165, 1.54) is 4.90 Å². The minimum Gasteiger partial charge on any atom is -0.497 e. The van der Waals surface area contributed by atoms with Crippen molar-refractivity contribution in [3.8, 4) is 11.5 Å². The third kappa shape index (κ3) is 6.91. The molecule has 1 aliphatic rings. The minimum absolute atomic E-state index is 0.278. The van der Waals surface area contributed by atoms with E-state index in [0.29, 0.717) is 11.4 Å². The lowest BCUT2D eigenvalue weighted by Crippen LogP contribution is -2.48. The summed E-state index contributed by atoms with van der Waals surface area (Å²) in [6.45, 7) is 2.69. The van der Waals surface area contributed by atoms with Crippen LogP contribution in [0.1, 0.15) is 37.7 Å². The number of halogens is 1. The van der Waals surface area contributed by atoms with Gasteiger partial charge >= 0.3 is 0 Å². The second-order valence-corrected chi connectivity index (χ2v) is 11.3. The van der Waals surface area contributed by atoms with Gasteiger partial charge in [-0.05, 0) is 112 Å². The summed E-state index contributed by atoms with van der Waals surface area (Å²) in [5.74, 6) is 2.39. The molecule has 0 saturated carbocycles. The van der Waals surface area contributed by atoms with Gasteiger partial charge in [-0.2, -0.15) is 0 Å². The summed E-state index contributed by atoms with van der Waals surface area (Å²) in [4.78, 5) is 20.9. The van der Waals surface area contributed by atoms with Crippen molar-refractivity contribution in [1.82, 2.24) is 15.4 Å². The summed E-state index contributed by atoms with van der Waals surface area (Å²) in [7, 11) is 3.32. The van der Waals surface area contributed by atoms with Crippen LogP contribution in [0.2, 0.25) is 5.02 Å². The van der Waals surface area contributed by atoms with Gasteiger partial charge < -0.3 is 14.4 Å². The topological polar surface area (TPSA) is 83.9 Å². The fraction of sp³-hybridized carbons (Fsp3) is 0.448. The molecule has 38 heavy (non-hydrogen) atoms. The van der Waals surface area contributed by atoms with Crippen molar-refractivity contribution >= 4 is 40.2 Å². The predicted octanol–water partition coefficient (Wildman–Crippen LogP) is 6.00. The average molecular weight is 558 g/mol. The van der Waals surface area contributed by atoms with Gasteiger partial charge in [0.05, 0.1) is 30.2 Å². The first-order chi connectivity index (χ1) is 18.5. The summed E-state index contributed by atoms with van der Waals surface area (Å²) >= 11 is 8.39. The van der Waals surface area contributed by atoms with Gasteiger partial charge in [-0.3, -0.25) is 15.0 Å². The summed E-state index contributed by atoms with van der Waals surface area (Å²) in [5.41, 5.74) is 3.26. The standard InChI is InChI=1S/C29H36ClN3O4S/c1-36-21-6-9-23(10-7-21)38-18-4-15-33-16-13-29(14-17-33,28(34)32-35)12-3-5-24-25-19-22(37-2)8-11-27(25)31-20-26(24)30/h6-11,19-20,35H,3-5,12-18H2,1-2H3,(H,32,34). The third-order valence-electron chi connectivity index (χ3n) is 7.56. The summed E-state index contributed by atoms with van der Waals surface area (Å²) < 4.78 is 10.6. The number of methoxy groups -OCH3 is 2. The Morgan fingerprint density at radius 1 is 1.11 bits per heavy atom. The minimum atomic E-state index is -0.573. The second kappa shape index (κ2) is 13.5. The Labute approximate surface area is 233 Å². The lowest BCUT2D eigenvalue weighted by Gasteiger charge is -2.40. The highest BCUT2D eigenvalue weighted by molar-refractivity contribution is 7.99. The number of aromatic nitrogens is 1. The maximum Gasteiger partial charge on any atom is 0.249 e. The molecule has 9 heteroatoms. The first kappa shape index (κ1) is 28.5. The molecule has 3 aromatic rings. The molecule has 204 valence electrons. The number of aryl methyl sites for hydroxylation is 1. The quantitative estimate of drug-likeness (QED) is 0.122. The Morgan fingerprint density at radius 2 is 1.82 bits per heavy atom. The molecule has 1 fully saturated rings. The number of likely N-dealkylation sites (tertiary alicyclic amines) is 1. The zero-order valence-electron chi connectivity index (χ0n) is 22.0. The number of hydrogen-bond acceptors (Lipinski definition) is 7. The average Bonchev–Trinajstić information content (AvgIpc) is 2.96. The SMILES string of the molecule is COc1ccc(SCCCN2CCC(CCCc3c(Cl)cnc4ccc(OC)cc34)(C(=O)NO)CC2)cc1. The Hall–Kier alpha value is -2.52. The highest BCUT2D eigenvalue weighted by Crippen LogP contribution is 2.38. The molecule has 0 aliphatic carbocycles. The number of ether oxygens (including phenoxy) is 2. The molecule has 0 radical (unpaired) electrons. The molecule has 2 N–H and O–H groups in total. The molecule has 0 unspecified atom stereocenters. The highest BCUT2D eigenvalue weighted by atomic mass is 35.5. The zero-order valence-corrected chi connectivity index (χ0v) is 23.6. The van der Waals surface area contributed by atoms with Crippen molar-refractivity contribution < 1.29 is 19.5 Å². The number of rotatable bonds is 12. The highest BCUT2D eigenvalue weighted by Gasteiger charge is 2.40. The van der Waals surface area contributed by atoms with Crippen LogP contribution in [0.25, 0.3) is 10.9 Å². The number of thioether (sulfide) groups is 1. The lowest BCUT2D eigenvalue weighted by atomic mass is 9.73. The molecular formula is C29H36ClN3O4S. The summed E-state index contributed by atoms with van der Waals surface area (Å²) in [6.07, 6.45) is 6.40. The predicted molar refractivity (Wildman–Crippen MR) is 153 cm³/mol. The van der Waals surface area contributed by atoms with E-state index < -0.39 is 5.41 Å². The van der Waals surface area contributed by atoms with E-state index in [2.05, 4.69) is 22.0 Å². The van der Waals surface area contributed by atoms with Crippen molar-refractivity contribution in [2.45, 2.75) is 43.4 Å². The van der Waals surface area contributed by atoms with Crippen LogP contribution in [-0.2, 0) is 11.2 Å². The lowest BCUT2D eigenvalue weighted by molar-refractivity contribution is -0.143. The van der Waals surface area contributed by atoms with Crippen LogP contribution in [0, 0.1) is 5.41 Å². The number of piperidine rings is 1. The molecule has 0 atom stereocenters. The van der Waals surface area contributed by atoms with E-state index in [1.54, 1.807) is 20.4 Å². The smallest absolute Gasteiger partial charge is 0.249 e. The van der Waals surface area contributed by atoms with Gasteiger partial charge in [-0.1, -0.05) is 11.6 Å². The molecule has 7 nitrogen and oxygen atoms in total. The summed E-state index contributed by atoms with van der Waals surface area (Å²) in [5, 5.41) is 11.1. The maximum absolute atomic E-state index is 12.8. The van der Waals surface area contributed by atoms with Crippen LogP contribution < -0.4 is 15.0 Å². The fourth-order valence-corrected chi connectivity index (χ4v) is 6.33. The van der Waals surface area contributed by atoms with Crippen LogP contribution in [0.5, 0.6) is 11.5 Å². The van der Waals surface area contributed by atoms with E-state index >= 15 is 0 Å². The van der Waals surface area contributed by atoms with Crippen molar-refractivity contribution in [1.29, 1.82) is 0 Å². The number of amides is 1. The number of nitrogens with one attached hydrogen (secondary N) is 1. The van der Waals surface area contributed by atoms with E-state index in [4.69, 9.17) is 21.1 Å². The number of hydrogen-bond donors (Lipinski definition) is 2. The molecule has 1 aromatic heterocycles. The van der Waals surface area contributed by atoms with Crippen LogP contribution in [0.3, 0.4) is 0 Å². The van der Waals surface area contributed by atoms with Gasteiger partial charge in [-0.25, -0.2) is 5.48 Å². The number of carbonyl (C=O) groups excluding carboxylic acids is 1. The molecule has 2 aromatic carbocycles. The van der Waals surface area contributed by atoms with Crippen molar-refractivity contribution in [3.63, 3.8) is 0 Å². The van der Waals surface area contributed by atoms with Gasteiger partial charge in [0.25, 0.3) is 0 Å². The molecule has 1 aliphatic heterocycles. The molecular weight excluding hydrogens is 522 g/mol. The van der Waals surface area contributed by atoms with Gasteiger partial charge in [0.2, 0.25) is 5.91 Å². The van der Waals surface area contributed by atoms with Gasteiger partial charge in [0, 0.05) is 16.5 Å². The second-order valence-electron chi connectivity index (χ2n) is 9.76. The van der Waals surface area contributed by atoms with E-state index in [-0.39, 0.29) is 5.91 Å². The number of nitrogens with zero attached hydrogens (tertiary/aromatic N) is 2. The van der Waals surface area contributed by atoms with Crippen LogP contribution in [0.4, 0.5) is 0 Å². The first-order valence-electron chi connectivity index (χ1n) is 13.0. The van der Waals surface area contributed by atoms with Crippen LogP contribution in [0.15, 0.2) is 53.6 Å². The summed E-state index contributed by atoms with van der Waals surface area (Å²) in [6, 6.07) is 13.9. The molecule has 2 heterocycles. The number of carbonyl (C=O) groups is 1. The van der Waals surface area contributed by atoms with E-state index in [0.717, 1.165) is 85.5 Å². The normalized spacial score (nSPS) is 15.4.